The first kappa shape index (κ1) is 14.8. The van der Waals surface area contributed by atoms with Crippen LogP contribution < -0.4 is 10.6 Å². The molecule has 0 aliphatic heterocycles. The summed E-state index contributed by atoms with van der Waals surface area (Å²) in [6.45, 7) is 4.99. The summed E-state index contributed by atoms with van der Waals surface area (Å²) in [6.07, 6.45) is 1.53. The molecule has 1 aromatic carbocycles. The van der Waals surface area contributed by atoms with E-state index >= 15 is 0 Å². The van der Waals surface area contributed by atoms with E-state index in [4.69, 9.17) is 23.2 Å². The average molecular weight is 312 g/mol. The number of halogens is 2. The van der Waals surface area contributed by atoms with Gasteiger partial charge in [-0.05, 0) is 18.1 Å². The Kier molecular flexibility index (Phi) is 4.98. The lowest BCUT2D eigenvalue weighted by atomic mass is 10.2. The molecule has 106 valence electrons. The maximum absolute atomic E-state index is 6.11. The number of anilines is 3. The van der Waals surface area contributed by atoms with E-state index in [-0.39, 0.29) is 0 Å². The van der Waals surface area contributed by atoms with Gasteiger partial charge < -0.3 is 10.6 Å². The topological polar surface area (TPSA) is 62.7 Å². The third-order valence-corrected chi connectivity index (χ3v) is 3.26. The van der Waals surface area contributed by atoms with Crippen LogP contribution in [0.5, 0.6) is 0 Å². The first-order valence-corrected chi connectivity index (χ1v) is 6.96. The molecule has 2 aromatic rings. The van der Waals surface area contributed by atoms with Gasteiger partial charge in [-0.15, -0.1) is 5.10 Å². The Balaban J connectivity index is 2.13. The van der Waals surface area contributed by atoms with Crippen molar-refractivity contribution in [3.8, 4) is 0 Å². The first-order valence-electron chi connectivity index (χ1n) is 6.21. The molecule has 0 amide bonds. The van der Waals surface area contributed by atoms with Crippen LogP contribution in [0.2, 0.25) is 10.0 Å². The van der Waals surface area contributed by atoms with Crippen molar-refractivity contribution in [2.24, 2.45) is 5.92 Å². The highest BCUT2D eigenvalue weighted by Gasteiger charge is 2.06. The Morgan fingerprint density at radius 2 is 2.05 bits per heavy atom. The molecule has 1 heterocycles. The number of hydrogen-bond acceptors (Lipinski definition) is 5. The molecule has 0 unspecified atom stereocenters. The Morgan fingerprint density at radius 1 is 1.25 bits per heavy atom. The van der Waals surface area contributed by atoms with Crippen molar-refractivity contribution in [3.05, 3.63) is 34.4 Å². The molecule has 0 aliphatic rings. The fourth-order valence-electron chi connectivity index (χ4n) is 1.47. The summed E-state index contributed by atoms with van der Waals surface area (Å²) >= 11 is 12.1. The average Bonchev–Trinajstić information content (AvgIpc) is 2.42. The molecule has 0 bridgehead atoms. The maximum Gasteiger partial charge on any atom is 0.244 e. The molecule has 1 aromatic heterocycles. The van der Waals surface area contributed by atoms with Crippen molar-refractivity contribution in [2.45, 2.75) is 13.8 Å². The Morgan fingerprint density at radius 3 is 2.80 bits per heavy atom. The van der Waals surface area contributed by atoms with Gasteiger partial charge in [-0.2, -0.15) is 10.1 Å². The van der Waals surface area contributed by atoms with Crippen LogP contribution in [0.1, 0.15) is 13.8 Å². The zero-order valence-electron chi connectivity index (χ0n) is 11.2. The number of hydrogen-bond donors (Lipinski definition) is 2. The second-order valence-electron chi connectivity index (χ2n) is 4.67. The summed E-state index contributed by atoms with van der Waals surface area (Å²) in [7, 11) is 0. The summed E-state index contributed by atoms with van der Waals surface area (Å²) in [5, 5.41) is 14.9. The molecule has 0 aliphatic carbocycles. The van der Waals surface area contributed by atoms with E-state index < -0.39 is 0 Å². The minimum absolute atomic E-state index is 0.449. The van der Waals surface area contributed by atoms with Crippen LogP contribution in [0.15, 0.2) is 24.4 Å². The lowest BCUT2D eigenvalue weighted by Crippen LogP contribution is -2.11. The lowest BCUT2D eigenvalue weighted by Gasteiger charge is -2.10. The Labute approximate surface area is 127 Å². The van der Waals surface area contributed by atoms with Gasteiger partial charge in [0.05, 0.1) is 21.9 Å². The van der Waals surface area contributed by atoms with Crippen molar-refractivity contribution < 1.29 is 0 Å². The van der Waals surface area contributed by atoms with Crippen LogP contribution in [0.3, 0.4) is 0 Å². The molecular weight excluding hydrogens is 297 g/mol. The predicted molar refractivity (Wildman–Crippen MR) is 82.9 cm³/mol. The highest BCUT2D eigenvalue weighted by Crippen LogP contribution is 2.31. The van der Waals surface area contributed by atoms with Crippen molar-refractivity contribution >= 4 is 40.7 Å². The van der Waals surface area contributed by atoms with Gasteiger partial charge in [-0.3, -0.25) is 0 Å². The molecule has 0 saturated heterocycles. The van der Waals surface area contributed by atoms with Crippen molar-refractivity contribution in [1.29, 1.82) is 0 Å². The molecule has 7 heteroatoms. The van der Waals surface area contributed by atoms with Gasteiger partial charge in [0.25, 0.3) is 0 Å². The largest absolute Gasteiger partial charge is 0.353 e. The van der Waals surface area contributed by atoms with Gasteiger partial charge >= 0.3 is 0 Å². The second-order valence-corrected chi connectivity index (χ2v) is 5.45. The van der Waals surface area contributed by atoms with Crippen LogP contribution in [-0.2, 0) is 0 Å². The standard InChI is InChI=1S/C13H15Cl2N5/c1-8(2)6-16-13-19-11(7-17-20-13)18-10-5-3-4-9(14)12(10)15/h3-5,7-8H,6H2,1-2H3,(H2,16,18,19,20). The molecule has 5 nitrogen and oxygen atoms in total. The normalized spacial score (nSPS) is 10.7. The van der Waals surface area contributed by atoms with Gasteiger partial charge in [0.15, 0.2) is 5.82 Å². The number of nitrogens with zero attached hydrogens (tertiary/aromatic N) is 3. The van der Waals surface area contributed by atoms with Gasteiger partial charge in [0, 0.05) is 6.54 Å². The van der Waals surface area contributed by atoms with E-state index in [1.165, 1.54) is 6.20 Å². The Hall–Kier alpha value is -1.59. The van der Waals surface area contributed by atoms with Crippen molar-refractivity contribution in [2.75, 3.05) is 17.2 Å². The van der Waals surface area contributed by atoms with Crippen LogP contribution in [-0.4, -0.2) is 21.7 Å². The summed E-state index contributed by atoms with van der Waals surface area (Å²) in [5.74, 6) is 1.52. The minimum atomic E-state index is 0.449. The summed E-state index contributed by atoms with van der Waals surface area (Å²) in [4.78, 5) is 4.31. The summed E-state index contributed by atoms with van der Waals surface area (Å²) in [6, 6.07) is 5.35. The molecule has 0 atom stereocenters. The third kappa shape index (κ3) is 3.95. The molecule has 20 heavy (non-hydrogen) atoms. The van der Waals surface area contributed by atoms with E-state index in [9.17, 15) is 0 Å². The fourth-order valence-corrected chi connectivity index (χ4v) is 1.82. The van der Waals surface area contributed by atoms with E-state index in [1.54, 1.807) is 6.07 Å². The quantitative estimate of drug-likeness (QED) is 0.874. The minimum Gasteiger partial charge on any atom is -0.353 e. The molecule has 0 saturated carbocycles. The zero-order valence-corrected chi connectivity index (χ0v) is 12.7. The van der Waals surface area contributed by atoms with Crippen LogP contribution in [0, 0.1) is 5.92 Å². The van der Waals surface area contributed by atoms with E-state index in [0.29, 0.717) is 33.4 Å². The maximum atomic E-state index is 6.11. The van der Waals surface area contributed by atoms with Crippen molar-refractivity contribution in [3.63, 3.8) is 0 Å². The highest BCUT2D eigenvalue weighted by atomic mass is 35.5. The number of aromatic nitrogens is 3. The second kappa shape index (κ2) is 6.72. The van der Waals surface area contributed by atoms with Crippen LogP contribution >= 0.6 is 23.2 Å². The molecule has 0 spiro atoms. The van der Waals surface area contributed by atoms with Crippen LogP contribution in [0.4, 0.5) is 17.5 Å². The number of nitrogens with one attached hydrogen (secondary N) is 2. The van der Waals surface area contributed by atoms with E-state index in [2.05, 4.69) is 39.7 Å². The van der Waals surface area contributed by atoms with Gasteiger partial charge in [0.2, 0.25) is 5.95 Å². The van der Waals surface area contributed by atoms with Gasteiger partial charge in [-0.1, -0.05) is 43.1 Å². The SMILES string of the molecule is CC(C)CNc1nncc(Nc2cccc(Cl)c2Cl)n1. The van der Waals surface area contributed by atoms with Gasteiger partial charge in [0.1, 0.15) is 0 Å². The van der Waals surface area contributed by atoms with Crippen molar-refractivity contribution in [1.82, 2.24) is 15.2 Å². The van der Waals surface area contributed by atoms with E-state index in [1.807, 2.05) is 12.1 Å². The van der Waals surface area contributed by atoms with Gasteiger partial charge in [-0.25, -0.2) is 0 Å². The van der Waals surface area contributed by atoms with Crippen LogP contribution in [0.25, 0.3) is 0 Å². The third-order valence-electron chi connectivity index (χ3n) is 2.44. The lowest BCUT2D eigenvalue weighted by molar-refractivity contribution is 0.682. The predicted octanol–water partition coefficient (Wildman–Crippen LogP) is 3.99. The number of rotatable bonds is 5. The molecule has 2 N–H and O–H groups in total. The molecular formula is C13H15Cl2N5. The first-order chi connectivity index (χ1) is 9.56. The Bertz CT molecular complexity index is 589. The fraction of sp³-hybridized carbons (Fsp3) is 0.308. The molecule has 0 radical (unpaired) electrons. The molecule has 2 rings (SSSR count). The summed E-state index contributed by atoms with van der Waals surface area (Å²) in [5.41, 5.74) is 0.675. The molecule has 0 fully saturated rings. The summed E-state index contributed by atoms with van der Waals surface area (Å²) < 4.78 is 0. The smallest absolute Gasteiger partial charge is 0.244 e. The highest BCUT2D eigenvalue weighted by molar-refractivity contribution is 6.43. The number of benzene rings is 1. The van der Waals surface area contributed by atoms with E-state index in [0.717, 1.165) is 6.54 Å². The monoisotopic (exact) mass is 311 g/mol. The zero-order chi connectivity index (χ0) is 14.5.